The van der Waals surface area contributed by atoms with Crippen molar-refractivity contribution in [3.63, 3.8) is 0 Å². The number of carbonyl (C=O) groups is 1. The third kappa shape index (κ3) is 3.89. The number of nitrogens with one attached hydrogen (secondary N) is 1. The van der Waals surface area contributed by atoms with Gasteiger partial charge in [-0.3, -0.25) is 4.68 Å². The Labute approximate surface area is 171 Å². The molecule has 0 spiro atoms. The topological polar surface area (TPSA) is 81.9 Å². The number of amides is 1. The van der Waals surface area contributed by atoms with Crippen LogP contribution in [0, 0.1) is 6.92 Å². The summed E-state index contributed by atoms with van der Waals surface area (Å²) in [5.41, 5.74) is 3.06. The number of aryl methyl sites for hydroxylation is 1. The Kier molecular flexibility index (Phi) is 5.12. The van der Waals surface area contributed by atoms with E-state index in [9.17, 15) is 13.6 Å². The molecule has 0 saturated heterocycles. The molecule has 0 unspecified atom stereocenters. The minimum atomic E-state index is -2.68. The molecule has 1 amide bonds. The molecule has 0 fully saturated rings. The zero-order valence-electron chi connectivity index (χ0n) is 14.8. The van der Waals surface area contributed by atoms with E-state index in [0.717, 1.165) is 6.20 Å². The fraction of sp³-hybridized carbons (Fsp3) is 0.111. The van der Waals surface area contributed by atoms with Gasteiger partial charge in [0.2, 0.25) is 0 Å². The molecule has 0 bridgehead atoms. The molecule has 7 nitrogen and oxygen atoms in total. The molecule has 1 N–H and O–H groups in total. The molecular formula is C18H12ClF2N5O2S. The van der Waals surface area contributed by atoms with Crippen LogP contribution < -0.4 is 10.2 Å². The number of alkyl halides is 2. The standard InChI is InChI=1S/C18H12ClF2N5O2S/c1-9-13(6-22-16(23-9)17-24-14(19)8-29-17)28-18(27)25-26-7-11(15(20)21)10-4-2-3-5-12(10)26/h2-8,15H,1H3,(H,25,27). The third-order valence-corrected chi connectivity index (χ3v) is 5.16. The number of hydrogen-bond donors (Lipinski definition) is 1. The number of carbonyl (C=O) groups excluding carboxylic acids is 1. The lowest BCUT2D eigenvalue weighted by molar-refractivity contribution is 0.153. The number of fused-ring (bicyclic) bond motifs is 1. The first-order valence-corrected chi connectivity index (χ1v) is 9.50. The molecule has 3 heterocycles. The van der Waals surface area contributed by atoms with Crippen molar-refractivity contribution in [1.82, 2.24) is 19.6 Å². The van der Waals surface area contributed by atoms with Crippen LogP contribution in [0.5, 0.6) is 5.75 Å². The van der Waals surface area contributed by atoms with Crippen molar-refractivity contribution in [3.8, 4) is 16.6 Å². The number of ether oxygens (including phenoxy) is 1. The maximum atomic E-state index is 13.2. The number of halogens is 3. The number of thiazole rings is 1. The minimum absolute atomic E-state index is 0.124. The van der Waals surface area contributed by atoms with Crippen LogP contribution in [0.15, 0.2) is 42.0 Å². The van der Waals surface area contributed by atoms with Crippen molar-refractivity contribution < 1.29 is 18.3 Å². The Hall–Kier alpha value is -3.11. The van der Waals surface area contributed by atoms with E-state index in [-0.39, 0.29) is 11.3 Å². The zero-order chi connectivity index (χ0) is 20.5. The largest absolute Gasteiger partial charge is 0.432 e. The van der Waals surface area contributed by atoms with Gasteiger partial charge in [-0.15, -0.1) is 11.3 Å². The van der Waals surface area contributed by atoms with Crippen LogP contribution in [0.25, 0.3) is 21.7 Å². The van der Waals surface area contributed by atoms with Gasteiger partial charge < -0.3 is 4.74 Å². The van der Waals surface area contributed by atoms with Gasteiger partial charge in [0, 0.05) is 22.5 Å². The van der Waals surface area contributed by atoms with E-state index in [2.05, 4.69) is 20.4 Å². The monoisotopic (exact) mass is 435 g/mol. The van der Waals surface area contributed by atoms with Crippen LogP contribution >= 0.6 is 22.9 Å². The summed E-state index contributed by atoms with van der Waals surface area (Å²) >= 11 is 7.09. The van der Waals surface area contributed by atoms with Crippen LogP contribution in [-0.4, -0.2) is 25.7 Å². The van der Waals surface area contributed by atoms with Gasteiger partial charge in [-0.25, -0.2) is 34.0 Å². The number of rotatable bonds is 4. The van der Waals surface area contributed by atoms with Crippen molar-refractivity contribution in [2.45, 2.75) is 13.3 Å². The van der Waals surface area contributed by atoms with Crippen LogP contribution in [0.2, 0.25) is 5.15 Å². The first-order chi connectivity index (χ1) is 13.9. The van der Waals surface area contributed by atoms with Crippen LogP contribution in [0.3, 0.4) is 0 Å². The van der Waals surface area contributed by atoms with Crippen LogP contribution in [0.4, 0.5) is 13.6 Å². The normalized spacial score (nSPS) is 11.2. The van der Waals surface area contributed by atoms with Crippen molar-refractivity contribution in [2.75, 3.05) is 5.43 Å². The van der Waals surface area contributed by atoms with E-state index in [1.54, 1.807) is 36.6 Å². The van der Waals surface area contributed by atoms with Crippen molar-refractivity contribution in [1.29, 1.82) is 0 Å². The Bertz CT molecular complexity index is 1210. The number of aromatic nitrogens is 4. The first kappa shape index (κ1) is 19.2. The van der Waals surface area contributed by atoms with Gasteiger partial charge >= 0.3 is 6.09 Å². The number of benzene rings is 1. The molecule has 0 atom stereocenters. The fourth-order valence-electron chi connectivity index (χ4n) is 2.71. The van der Waals surface area contributed by atoms with E-state index in [0.29, 0.717) is 32.6 Å². The first-order valence-electron chi connectivity index (χ1n) is 8.24. The molecular weight excluding hydrogens is 424 g/mol. The molecule has 4 aromatic rings. The van der Waals surface area contributed by atoms with E-state index in [1.807, 2.05) is 0 Å². The number of nitrogens with zero attached hydrogens (tertiary/aromatic N) is 4. The molecule has 0 aliphatic rings. The van der Waals surface area contributed by atoms with E-state index < -0.39 is 12.5 Å². The third-order valence-electron chi connectivity index (χ3n) is 3.99. The van der Waals surface area contributed by atoms with Gasteiger partial charge in [0.05, 0.1) is 17.4 Å². The summed E-state index contributed by atoms with van der Waals surface area (Å²) in [6.07, 6.45) is -1.05. The lowest BCUT2D eigenvalue weighted by Crippen LogP contribution is -2.25. The Morgan fingerprint density at radius 2 is 2.10 bits per heavy atom. The maximum absolute atomic E-state index is 13.2. The highest BCUT2D eigenvalue weighted by Gasteiger charge is 2.18. The van der Waals surface area contributed by atoms with E-state index in [1.165, 1.54) is 22.2 Å². The second-order valence-electron chi connectivity index (χ2n) is 5.89. The highest BCUT2D eigenvalue weighted by molar-refractivity contribution is 7.13. The summed E-state index contributed by atoms with van der Waals surface area (Å²) in [4.78, 5) is 24.8. The number of para-hydroxylation sites is 1. The predicted molar refractivity (Wildman–Crippen MR) is 105 cm³/mol. The van der Waals surface area contributed by atoms with Gasteiger partial charge in [-0.2, -0.15) is 0 Å². The van der Waals surface area contributed by atoms with Gasteiger partial charge in [-0.1, -0.05) is 29.8 Å². The molecule has 3 aromatic heterocycles. The van der Waals surface area contributed by atoms with Gasteiger partial charge in [0.15, 0.2) is 16.6 Å². The smallest absolute Gasteiger partial charge is 0.406 e. The summed E-state index contributed by atoms with van der Waals surface area (Å²) in [6.45, 7) is 1.64. The Morgan fingerprint density at radius 1 is 1.31 bits per heavy atom. The van der Waals surface area contributed by atoms with E-state index in [4.69, 9.17) is 16.3 Å². The van der Waals surface area contributed by atoms with E-state index >= 15 is 0 Å². The van der Waals surface area contributed by atoms with Crippen molar-refractivity contribution in [3.05, 3.63) is 58.4 Å². The molecule has 1 aromatic carbocycles. The van der Waals surface area contributed by atoms with Crippen LogP contribution in [0.1, 0.15) is 17.7 Å². The predicted octanol–water partition coefficient (Wildman–Crippen LogP) is 5.20. The molecule has 0 aliphatic carbocycles. The summed E-state index contributed by atoms with van der Waals surface area (Å²) in [5, 5.41) is 2.87. The molecule has 4 rings (SSSR count). The van der Waals surface area contributed by atoms with Crippen molar-refractivity contribution >= 4 is 39.9 Å². The second-order valence-corrected chi connectivity index (χ2v) is 7.14. The molecule has 29 heavy (non-hydrogen) atoms. The molecule has 0 aliphatic heterocycles. The lowest BCUT2D eigenvalue weighted by atomic mass is 10.2. The average Bonchev–Trinajstić information content (AvgIpc) is 3.28. The maximum Gasteiger partial charge on any atom is 0.432 e. The summed E-state index contributed by atoms with van der Waals surface area (Å²) in [7, 11) is 0. The summed E-state index contributed by atoms with van der Waals surface area (Å²) in [5.74, 6) is 0.476. The quantitative estimate of drug-likeness (QED) is 0.476. The van der Waals surface area contributed by atoms with Gasteiger partial charge in [0.1, 0.15) is 5.15 Å². The number of hydrogen-bond acceptors (Lipinski definition) is 6. The highest BCUT2D eigenvalue weighted by Crippen LogP contribution is 2.29. The van der Waals surface area contributed by atoms with Gasteiger partial charge in [0.25, 0.3) is 6.43 Å². The summed E-state index contributed by atoms with van der Waals surface area (Å²) in [6, 6.07) is 6.50. The second kappa shape index (κ2) is 7.72. The molecule has 0 saturated carbocycles. The zero-order valence-corrected chi connectivity index (χ0v) is 16.3. The highest BCUT2D eigenvalue weighted by atomic mass is 35.5. The lowest BCUT2D eigenvalue weighted by Gasteiger charge is -2.10. The average molecular weight is 436 g/mol. The fourth-order valence-corrected chi connectivity index (χ4v) is 3.59. The SMILES string of the molecule is Cc1nc(-c2nc(Cl)cs2)ncc1OC(=O)Nn1cc(C(F)F)c2ccccc21. The van der Waals surface area contributed by atoms with Crippen LogP contribution in [-0.2, 0) is 0 Å². The Balaban J connectivity index is 1.54. The minimum Gasteiger partial charge on any atom is -0.406 e. The van der Waals surface area contributed by atoms with Crippen molar-refractivity contribution in [2.24, 2.45) is 0 Å². The Morgan fingerprint density at radius 3 is 2.79 bits per heavy atom. The molecule has 11 heteroatoms. The van der Waals surface area contributed by atoms with Gasteiger partial charge in [-0.05, 0) is 13.0 Å². The summed E-state index contributed by atoms with van der Waals surface area (Å²) < 4.78 is 32.9. The molecule has 148 valence electrons. The molecule has 0 radical (unpaired) electrons.